The molecule has 1 aromatic carbocycles. The Balaban J connectivity index is 0.00000304. The minimum atomic E-state index is -0.603. The summed E-state index contributed by atoms with van der Waals surface area (Å²) < 4.78 is 23.9. The third-order valence-electron chi connectivity index (χ3n) is 5.73. The van der Waals surface area contributed by atoms with Gasteiger partial charge in [-0.3, -0.25) is 20.2 Å². The van der Waals surface area contributed by atoms with E-state index in [4.69, 9.17) is 9.47 Å². The van der Waals surface area contributed by atoms with Crippen molar-refractivity contribution in [3.8, 4) is 22.4 Å². The fraction of sp³-hybridized carbons (Fsp3) is 0.308. The van der Waals surface area contributed by atoms with Crippen LogP contribution in [0.2, 0.25) is 0 Å². The number of nitrogens with zero attached hydrogens (tertiary/aromatic N) is 4. The molecule has 4 heterocycles. The normalized spacial score (nSPS) is 13.8. The van der Waals surface area contributed by atoms with Crippen molar-refractivity contribution in [1.29, 1.82) is 0 Å². The third kappa shape index (κ3) is 5.67. The highest BCUT2D eigenvalue weighted by Crippen LogP contribution is 2.33. The molecule has 0 radical (unpaired) electrons. The summed E-state index contributed by atoms with van der Waals surface area (Å²) in [6.07, 6.45) is 2.40. The molecule has 10 heteroatoms. The number of benzene rings is 1. The number of carbonyl (C=O) groups excluding carboxylic acids is 1. The minimum absolute atomic E-state index is 0. The fourth-order valence-corrected chi connectivity index (χ4v) is 4.01. The van der Waals surface area contributed by atoms with E-state index in [0.29, 0.717) is 22.3 Å². The monoisotopic (exact) mass is 492 g/mol. The molecule has 0 aliphatic carbocycles. The molecule has 0 bridgehead atoms. The van der Waals surface area contributed by atoms with Gasteiger partial charge in [-0.05, 0) is 42.8 Å². The van der Waals surface area contributed by atoms with E-state index < -0.39 is 11.9 Å². The smallest absolute Gasteiger partial charge is 0.413 e. The summed E-state index contributed by atoms with van der Waals surface area (Å²) in [6.45, 7) is 6.03. The van der Waals surface area contributed by atoms with Gasteiger partial charge in [-0.25, -0.2) is 14.2 Å². The van der Waals surface area contributed by atoms with Gasteiger partial charge in [-0.15, -0.1) is 0 Å². The van der Waals surface area contributed by atoms with Gasteiger partial charge in [0.2, 0.25) is 5.95 Å². The van der Waals surface area contributed by atoms with Gasteiger partial charge in [0.1, 0.15) is 5.82 Å². The first-order valence-electron chi connectivity index (χ1n) is 11.4. The van der Waals surface area contributed by atoms with Crippen molar-refractivity contribution in [2.24, 2.45) is 0 Å². The number of amides is 1. The first-order valence-corrected chi connectivity index (χ1v) is 11.4. The summed E-state index contributed by atoms with van der Waals surface area (Å²) in [5, 5.41) is 2.59. The molecule has 3 aromatic heterocycles. The summed E-state index contributed by atoms with van der Waals surface area (Å²) in [6, 6.07) is 10.9. The van der Waals surface area contributed by atoms with Gasteiger partial charge >= 0.3 is 6.09 Å². The van der Waals surface area contributed by atoms with Gasteiger partial charge in [0.05, 0.1) is 48.4 Å². The third-order valence-corrected chi connectivity index (χ3v) is 5.73. The molecule has 4 aromatic rings. The first-order chi connectivity index (χ1) is 17.1. The second kappa shape index (κ2) is 11.2. The highest BCUT2D eigenvalue weighted by Gasteiger charge is 2.16. The average molecular weight is 493 g/mol. The molecule has 0 unspecified atom stereocenters. The van der Waals surface area contributed by atoms with Gasteiger partial charge in [-0.2, -0.15) is 0 Å². The molecule has 1 aliphatic rings. The van der Waals surface area contributed by atoms with Crippen molar-refractivity contribution in [3.05, 3.63) is 60.3 Å². The lowest BCUT2D eigenvalue weighted by Gasteiger charge is -2.26. The Bertz CT molecular complexity index is 1320. The summed E-state index contributed by atoms with van der Waals surface area (Å²) in [5.41, 5.74) is 5.32. The van der Waals surface area contributed by atoms with Crippen LogP contribution >= 0.6 is 0 Å². The number of nitrogens with one attached hydrogen (secondary N) is 2. The standard InChI is InChI=1S/C25H25FN6O3.CH4/c1-2-35-25(33)31-24-29-22-12-17(11-20(23(22)30-24)21-6-4-18(26)14-28-21)16-3-5-19(27-13-16)15-32-7-9-34-10-8-32;/h3-6,11-14H,2,7-10,15H2,1H3,(H2,29,30,31,33);1H4. The van der Waals surface area contributed by atoms with E-state index in [9.17, 15) is 9.18 Å². The summed E-state index contributed by atoms with van der Waals surface area (Å²) in [7, 11) is 0. The van der Waals surface area contributed by atoms with Crippen molar-refractivity contribution in [2.75, 3.05) is 38.2 Å². The van der Waals surface area contributed by atoms with Crippen LogP contribution in [0.5, 0.6) is 0 Å². The lowest BCUT2D eigenvalue weighted by molar-refractivity contribution is 0.0336. The summed E-state index contributed by atoms with van der Waals surface area (Å²) in [4.78, 5) is 30.7. The zero-order valence-electron chi connectivity index (χ0n) is 19.3. The number of hydrogen-bond acceptors (Lipinski definition) is 7. The van der Waals surface area contributed by atoms with Crippen LogP contribution in [-0.2, 0) is 16.0 Å². The highest BCUT2D eigenvalue weighted by atomic mass is 19.1. The number of anilines is 1. The molecule has 2 N–H and O–H groups in total. The maximum absolute atomic E-state index is 13.5. The zero-order valence-corrected chi connectivity index (χ0v) is 19.3. The number of hydrogen-bond donors (Lipinski definition) is 2. The quantitative estimate of drug-likeness (QED) is 0.396. The summed E-state index contributed by atoms with van der Waals surface area (Å²) >= 11 is 0. The van der Waals surface area contributed by atoms with E-state index >= 15 is 0 Å². The van der Waals surface area contributed by atoms with Gasteiger partial charge in [-0.1, -0.05) is 13.5 Å². The topological polar surface area (TPSA) is 105 Å². The number of carbonyl (C=O) groups is 1. The molecule has 188 valence electrons. The zero-order chi connectivity index (χ0) is 24.2. The van der Waals surface area contributed by atoms with Crippen LogP contribution in [0.1, 0.15) is 20.0 Å². The van der Waals surface area contributed by atoms with Crippen LogP contribution in [0.25, 0.3) is 33.4 Å². The predicted molar refractivity (Wildman–Crippen MR) is 136 cm³/mol. The Morgan fingerprint density at radius 1 is 1.14 bits per heavy atom. The first kappa shape index (κ1) is 25.2. The van der Waals surface area contributed by atoms with Crippen molar-refractivity contribution >= 4 is 23.1 Å². The molecule has 5 rings (SSSR count). The molecule has 36 heavy (non-hydrogen) atoms. The molecule has 0 saturated carbocycles. The molecule has 0 spiro atoms. The van der Waals surface area contributed by atoms with Gasteiger partial charge in [0.25, 0.3) is 0 Å². The SMILES string of the molecule is C.CCOC(=O)Nc1nc2c(-c3ccc(F)cn3)cc(-c3ccc(CN4CCOCC4)nc3)cc2[nH]1. The summed E-state index contributed by atoms with van der Waals surface area (Å²) in [5.74, 6) is -0.175. The van der Waals surface area contributed by atoms with Gasteiger partial charge in [0, 0.05) is 37.0 Å². The molecule has 0 atom stereocenters. The fourth-order valence-electron chi connectivity index (χ4n) is 4.01. The van der Waals surface area contributed by atoms with Crippen molar-refractivity contribution in [3.63, 3.8) is 0 Å². The number of ether oxygens (including phenoxy) is 2. The van der Waals surface area contributed by atoms with Crippen molar-refractivity contribution in [1.82, 2.24) is 24.8 Å². The molecule has 1 amide bonds. The van der Waals surface area contributed by atoms with E-state index in [-0.39, 0.29) is 20.0 Å². The van der Waals surface area contributed by atoms with Crippen molar-refractivity contribution < 1.29 is 18.7 Å². The van der Waals surface area contributed by atoms with Gasteiger partial charge in [0.15, 0.2) is 0 Å². The second-order valence-corrected chi connectivity index (χ2v) is 8.14. The van der Waals surface area contributed by atoms with Crippen LogP contribution in [0, 0.1) is 5.82 Å². The molecule has 1 aliphatic heterocycles. The van der Waals surface area contributed by atoms with Gasteiger partial charge < -0.3 is 14.5 Å². The molecule has 9 nitrogen and oxygen atoms in total. The molecule has 1 saturated heterocycles. The van der Waals surface area contributed by atoms with E-state index in [0.717, 1.165) is 49.7 Å². The van der Waals surface area contributed by atoms with Crippen molar-refractivity contribution in [2.45, 2.75) is 20.9 Å². The van der Waals surface area contributed by atoms with Crippen LogP contribution in [0.3, 0.4) is 0 Å². The largest absolute Gasteiger partial charge is 0.450 e. The number of rotatable bonds is 6. The second-order valence-electron chi connectivity index (χ2n) is 8.14. The number of H-pyrrole nitrogens is 1. The Kier molecular flexibility index (Phi) is 7.87. The Hall–Kier alpha value is -3.89. The Labute approximate surface area is 208 Å². The lowest BCUT2D eigenvalue weighted by atomic mass is 10.0. The van der Waals surface area contributed by atoms with E-state index in [1.807, 2.05) is 30.5 Å². The van der Waals surface area contributed by atoms with Crippen LogP contribution in [0.4, 0.5) is 15.1 Å². The van der Waals surface area contributed by atoms with E-state index in [1.54, 1.807) is 13.0 Å². The molecule has 1 fully saturated rings. The van der Waals surface area contributed by atoms with E-state index in [2.05, 4.69) is 30.2 Å². The van der Waals surface area contributed by atoms with Crippen LogP contribution < -0.4 is 5.32 Å². The Morgan fingerprint density at radius 3 is 2.67 bits per heavy atom. The lowest BCUT2D eigenvalue weighted by Crippen LogP contribution is -2.35. The molecular formula is C26H29FN6O3. The maximum Gasteiger partial charge on any atom is 0.413 e. The van der Waals surface area contributed by atoms with Crippen LogP contribution in [0.15, 0.2) is 48.8 Å². The van der Waals surface area contributed by atoms with E-state index in [1.165, 1.54) is 12.3 Å². The average Bonchev–Trinajstić information content (AvgIpc) is 3.27. The van der Waals surface area contributed by atoms with Crippen LogP contribution in [-0.4, -0.2) is 63.8 Å². The number of fused-ring (bicyclic) bond motifs is 1. The highest BCUT2D eigenvalue weighted by molar-refractivity contribution is 5.97. The minimum Gasteiger partial charge on any atom is -0.450 e. The number of morpholine rings is 1. The number of imidazole rings is 1. The predicted octanol–water partition coefficient (Wildman–Crippen LogP) is 4.86. The number of pyridine rings is 2. The maximum atomic E-state index is 13.5. The number of halogens is 1. The number of aromatic nitrogens is 4. The molecular weight excluding hydrogens is 463 g/mol. The Morgan fingerprint density at radius 2 is 1.97 bits per heavy atom. The number of aromatic amines is 1.